The molecule has 1 aromatic heterocycles. The van der Waals surface area contributed by atoms with Gasteiger partial charge >= 0.3 is 0 Å². The Morgan fingerprint density at radius 3 is 2.58 bits per heavy atom. The molecule has 4 nitrogen and oxygen atoms in total. The number of nitrogens with two attached hydrogens (primary N) is 1. The Labute approximate surface area is 116 Å². The Kier molecular flexibility index (Phi) is 4.57. The van der Waals surface area contributed by atoms with E-state index in [1.54, 1.807) is 12.1 Å². The molecule has 19 heavy (non-hydrogen) atoms. The smallest absolute Gasteiger partial charge is 0.123 e. The number of hydrazine groups is 1. The van der Waals surface area contributed by atoms with Crippen LogP contribution in [0.2, 0.25) is 0 Å². The minimum absolute atomic E-state index is 0.0529. The molecule has 0 radical (unpaired) electrons. The fraction of sp³-hybridized carbons (Fsp3) is 0.385. The van der Waals surface area contributed by atoms with Crippen LogP contribution in [-0.4, -0.2) is 9.59 Å². The van der Waals surface area contributed by atoms with Gasteiger partial charge in [0, 0.05) is 0 Å². The number of nitrogens with one attached hydrogen (secondary N) is 1. The van der Waals surface area contributed by atoms with Crippen LogP contribution in [-0.2, 0) is 6.42 Å². The van der Waals surface area contributed by atoms with E-state index in [2.05, 4.69) is 28.9 Å². The molecule has 0 saturated heterocycles. The molecule has 1 aromatic carbocycles. The summed E-state index contributed by atoms with van der Waals surface area (Å²) >= 11 is 1.36. The Bertz CT molecular complexity index is 524. The lowest BCUT2D eigenvalue weighted by molar-refractivity contribution is 0.550. The summed E-state index contributed by atoms with van der Waals surface area (Å²) in [5.41, 5.74) is 4.79. The summed E-state index contributed by atoms with van der Waals surface area (Å²) in [6, 6.07) is 6.39. The lowest BCUT2D eigenvalue weighted by Crippen LogP contribution is -2.29. The highest BCUT2D eigenvalue weighted by Crippen LogP contribution is 2.28. The van der Waals surface area contributed by atoms with Crippen LogP contribution in [0.25, 0.3) is 0 Å². The van der Waals surface area contributed by atoms with Crippen molar-refractivity contribution in [2.24, 2.45) is 5.84 Å². The summed E-state index contributed by atoms with van der Waals surface area (Å²) < 4.78 is 16.9. The van der Waals surface area contributed by atoms with E-state index >= 15 is 0 Å². The van der Waals surface area contributed by atoms with E-state index in [4.69, 9.17) is 5.84 Å². The zero-order chi connectivity index (χ0) is 13.8. The van der Waals surface area contributed by atoms with Crippen molar-refractivity contribution >= 4 is 11.5 Å². The normalized spacial score (nSPS) is 12.9. The highest BCUT2D eigenvalue weighted by atomic mass is 32.1. The van der Waals surface area contributed by atoms with Crippen molar-refractivity contribution in [3.05, 3.63) is 46.2 Å². The largest absolute Gasteiger partial charge is 0.271 e. The average molecular weight is 280 g/mol. The number of rotatable bonds is 5. The number of aromatic nitrogens is 2. The van der Waals surface area contributed by atoms with Crippen LogP contribution in [0.5, 0.6) is 0 Å². The average Bonchev–Trinajstić information content (AvgIpc) is 2.87. The molecule has 3 N–H and O–H groups in total. The monoisotopic (exact) mass is 280 g/mol. The zero-order valence-corrected chi connectivity index (χ0v) is 11.7. The van der Waals surface area contributed by atoms with E-state index in [0.29, 0.717) is 12.3 Å². The lowest BCUT2D eigenvalue weighted by Gasteiger charge is -2.16. The van der Waals surface area contributed by atoms with Gasteiger partial charge in [0.05, 0.1) is 16.6 Å². The summed E-state index contributed by atoms with van der Waals surface area (Å²) in [5, 5.41) is 4.15. The molecule has 0 amide bonds. The van der Waals surface area contributed by atoms with Gasteiger partial charge in [-0.05, 0) is 41.6 Å². The van der Waals surface area contributed by atoms with Crippen LogP contribution >= 0.6 is 11.5 Å². The maximum atomic E-state index is 12.9. The number of halogens is 1. The molecule has 0 aliphatic heterocycles. The van der Waals surface area contributed by atoms with Crippen molar-refractivity contribution in [2.75, 3.05) is 0 Å². The second-order valence-corrected chi connectivity index (χ2v) is 5.51. The summed E-state index contributed by atoms with van der Waals surface area (Å²) in [6.45, 7) is 4.15. The highest BCUT2D eigenvalue weighted by Gasteiger charge is 2.20. The summed E-state index contributed by atoms with van der Waals surface area (Å²) in [7, 11) is 0. The molecule has 1 atom stereocenters. The molecule has 0 aliphatic rings. The van der Waals surface area contributed by atoms with Gasteiger partial charge in [0.1, 0.15) is 5.82 Å². The minimum Gasteiger partial charge on any atom is -0.271 e. The third-order valence-corrected chi connectivity index (χ3v) is 3.81. The Balaban J connectivity index is 2.20. The molecule has 0 fully saturated rings. The Morgan fingerprint density at radius 1 is 1.32 bits per heavy atom. The molecule has 1 unspecified atom stereocenters. The summed E-state index contributed by atoms with van der Waals surface area (Å²) in [6.07, 6.45) is 0.681. The Hall–Kier alpha value is -1.37. The third kappa shape index (κ3) is 3.34. The van der Waals surface area contributed by atoms with E-state index in [1.165, 1.54) is 23.7 Å². The molecule has 0 spiro atoms. The number of hydrogen-bond donors (Lipinski definition) is 2. The maximum absolute atomic E-state index is 12.9. The molecule has 6 heteroatoms. The SMILES string of the molecule is CC(C)c1nnsc1C(Cc1ccc(F)cc1)NN. The van der Waals surface area contributed by atoms with Crippen molar-refractivity contribution in [3.8, 4) is 0 Å². The van der Waals surface area contributed by atoms with Crippen molar-refractivity contribution in [1.29, 1.82) is 0 Å². The second-order valence-electron chi connectivity index (χ2n) is 4.73. The minimum atomic E-state index is -0.233. The van der Waals surface area contributed by atoms with Gasteiger partial charge in [-0.2, -0.15) is 0 Å². The van der Waals surface area contributed by atoms with Gasteiger partial charge in [0.25, 0.3) is 0 Å². The van der Waals surface area contributed by atoms with Gasteiger partial charge in [-0.15, -0.1) is 5.10 Å². The molecular formula is C13H17FN4S. The van der Waals surface area contributed by atoms with Gasteiger partial charge in [-0.25, -0.2) is 4.39 Å². The number of hydrogen-bond acceptors (Lipinski definition) is 5. The fourth-order valence-corrected chi connectivity index (χ4v) is 2.80. The first-order valence-electron chi connectivity index (χ1n) is 6.14. The van der Waals surface area contributed by atoms with Crippen LogP contribution < -0.4 is 11.3 Å². The molecule has 2 aromatic rings. The van der Waals surface area contributed by atoms with Crippen LogP contribution in [0.4, 0.5) is 4.39 Å². The number of nitrogens with zero attached hydrogens (tertiary/aromatic N) is 2. The molecule has 0 bridgehead atoms. The molecule has 1 heterocycles. The van der Waals surface area contributed by atoms with Crippen molar-refractivity contribution in [1.82, 2.24) is 15.0 Å². The topological polar surface area (TPSA) is 63.8 Å². The van der Waals surface area contributed by atoms with E-state index in [9.17, 15) is 4.39 Å². The van der Waals surface area contributed by atoms with Gasteiger partial charge < -0.3 is 0 Å². The highest BCUT2D eigenvalue weighted by molar-refractivity contribution is 7.05. The van der Waals surface area contributed by atoms with Gasteiger partial charge in [0.15, 0.2) is 0 Å². The summed E-state index contributed by atoms with van der Waals surface area (Å²) in [5.74, 6) is 5.71. The molecule has 102 valence electrons. The van der Waals surface area contributed by atoms with Crippen LogP contribution in [0, 0.1) is 5.82 Å². The first-order valence-corrected chi connectivity index (χ1v) is 6.92. The first-order chi connectivity index (χ1) is 9.11. The van der Waals surface area contributed by atoms with Crippen LogP contribution in [0.15, 0.2) is 24.3 Å². The van der Waals surface area contributed by atoms with Gasteiger partial charge in [-0.1, -0.05) is 30.5 Å². The maximum Gasteiger partial charge on any atom is 0.123 e. The third-order valence-electron chi connectivity index (χ3n) is 2.96. The van der Waals surface area contributed by atoms with Gasteiger partial charge in [-0.3, -0.25) is 11.3 Å². The van der Waals surface area contributed by atoms with Crippen molar-refractivity contribution < 1.29 is 4.39 Å². The predicted octanol–water partition coefficient (Wildman–Crippen LogP) is 2.55. The lowest BCUT2D eigenvalue weighted by atomic mass is 10.0. The van der Waals surface area contributed by atoms with Crippen molar-refractivity contribution in [3.63, 3.8) is 0 Å². The van der Waals surface area contributed by atoms with E-state index in [0.717, 1.165) is 16.1 Å². The van der Waals surface area contributed by atoms with Crippen LogP contribution in [0.3, 0.4) is 0 Å². The predicted molar refractivity (Wildman–Crippen MR) is 74.2 cm³/mol. The second kappa shape index (κ2) is 6.18. The van der Waals surface area contributed by atoms with Crippen molar-refractivity contribution in [2.45, 2.75) is 32.2 Å². The molecular weight excluding hydrogens is 263 g/mol. The van der Waals surface area contributed by atoms with E-state index in [-0.39, 0.29) is 11.9 Å². The summed E-state index contributed by atoms with van der Waals surface area (Å²) in [4.78, 5) is 1.04. The molecule has 0 saturated carbocycles. The Morgan fingerprint density at radius 2 is 2.00 bits per heavy atom. The van der Waals surface area contributed by atoms with Crippen LogP contribution in [0.1, 0.15) is 41.9 Å². The molecule has 2 rings (SSSR count). The fourth-order valence-electron chi connectivity index (χ4n) is 1.93. The molecule has 0 aliphatic carbocycles. The zero-order valence-electron chi connectivity index (χ0n) is 10.9. The quantitative estimate of drug-likeness (QED) is 0.652. The van der Waals surface area contributed by atoms with Gasteiger partial charge in [0.2, 0.25) is 0 Å². The first kappa shape index (κ1) is 14.0. The standard InChI is InChI=1S/C13H17FN4S/c1-8(2)12-13(19-18-17-12)11(16-15)7-9-3-5-10(14)6-4-9/h3-6,8,11,16H,7,15H2,1-2H3. The number of benzene rings is 1. The van der Waals surface area contributed by atoms with E-state index in [1.807, 2.05) is 0 Å². The van der Waals surface area contributed by atoms with E-state index < -0.39 is 0 Å².